The summed E-state index contributed by atoms with van der Waals surface area (Å²) in [5, 5.41) is 38.5. The molecule has 1 heterocycles. The fourth-order valence-electron chi connectivity index (χ4n) is 9.24. The molecule has 1 aromatic heterocycles. The summed E-state index contributed by atoms with van der Waals surface area (Å²) in [6.45, 7) is 7.39. The molecule has 5 rings (SSSR count). The van der Waals surface area contributed by atoms with Crippen LogP contribution >= 0.6 is 11.3 Å². The molecule has 190 valence electrons. The second kappa shape index (κ2) is 9.17. The average Bonchev–Trinajstić information content (AvgIpc) is 3.42. The van der Waals surface area contributed by atoms with Crippen LogP contribution in [0, 0.1) is 46.3 Å². The standard InChI is InChI=1S/C28H43NO4S/c1-16(11-25(33)29-15-19-5-4-10-34-19)20-6-7-21-26-22(14-24(32)28(20,21)3)27(2)9-8-18(30)12-17(27)13-23(26)31/h4-5,10,16-18,20-24,26,30-32H,6-9,11-15H2,1-3H3,(H,29,33)/t16-,17+,18-,20?,21+,22+,23-,24+,26+,27+,28-/m1/s1. The van der Waals surface area contributed by atoms with Gasteiger partial charge in [-0.05, 0) is 103 Å². The third-order valence-corrected chi connectivity index (χ3v) is 11.9. The average molecular weight is 490 g/mol. The minimum absolute atomic E-state index is 0.0879. The highest BCUT2D eigenvalue weighted by atomic mass is 32.1. The number of hydrogen-bond donors (Lipinski definition) is 4. The van der Waals surface area contributed by atoms with Gasteiger partial charge in [0.2, 0.25) is 5.91 Å². The molecule has 0 radical (unpaired) electrons. The third kappa shape index (κ3) is 3.97. The first-order chi connectivity index (χ1) is 16.1. The number of thiophene rings is 1. The van der Waals surface area contributed by atoms with E-state index in [2.05, 4.69) is 26.1 Å². The van der Waals surface area contributed by atoms with E-state index < -0.39 is 6.10 Å². The van der Waals surface area contributed by atoms with Crippen LogP contribution in [-0.4, -0.2) is 39.5 Å². The van der Waals surface area contributed by atoms with E-state index in [1.807, 2.05) is 17.5 Å². The predicted octanol–water partition coefficient (Wildman–Crippen LogP) is 4.35. The van der Waals surface area contributed by atoms with Crippen LogP contribution in [0.25, 0.3) is 0 Å². The van der Waals surface area contributed by atoms with Gasteiger partial charge in [-0.2, -0.15) is 0 Å². The Morgan fingerprint density at radius 3 is 2.68 bits per heavy atom. The largest absolute Gasteiger partial charge is 0.393 e. The number of amides is 1. The molecule has 34 heavy (non-hydrogen) atoms. The summed E-state index contributed by atoms with van der Waals surface area (Å²) in [6, 6.07) is 4.04. The molecule has 1 amide bonds. The Balaban J connectivity index is 1.31. The molecule has 0 bridgehead atoms. The number of hydrogen-bond acceptors (Lipinski definition) is 5. The fourth-order valence-corrected chi connectivity index (χ4v) is 9.88. The third-order valence-electron chi connectivity index (χ3n) is 11.1. The number of fused-ring (bicyclic) bond motifs is 5. The van der Waals surface area contributed by atoms with Crippen LogP contribution in [0.2, 0.25) is 0 Å². The molecule has 4 saturated carbocycles. The van der Waals surface area contributed by atoms with Gasteiger partial charge in [0.1, 0.15) is 0 Å². The highest BCUT2D eigenvalue weighted by molar-refractivity contribution is 7.09. The maximum absolute atomic E-state index is 12.7. The van der Waals surface area contributed by atoms with Gasteiger partial charge >= 0.3 is 0 Å². The van der Waals surface area contributed by atoms with Crippen LogP contribution < -0.4 is 5.32 Å². The van der Waals surface area contributed by atoms with Crippen molar-refractivity contribution < 1.29 is 20.1 Å². The van der Waals surface area contributed by atoms with Gasteiger partial charge in [-0.1, -0.05) is 26.8 Å². The van der Waals surface area contributed by atoms with E-state index in [9.17, 15) is 20.1 Å². The molecule has 1 unspecified atom stereocenters. The summed E-state index contributed by atoms with van der Waals surface area (Å²) in [7, 11) is 0. The van der Waals surface area contributed by atoms with Crippen molar-refractivity contribution in [1.82, 2.24) is 5.32 Å². The van der Waals surface area contributed by atoms with Crippen molar-refractivity contribution in [2.45, 2.75) is 97.0 Å². The number of aliphatic hydroxyl groups excluding tert-OH is 3. The van der Waals surface area contributed by atoms with Crippen LogP contribution in [0.1, 0.15) is 77.0 Å². The molecular weight excluding hydrogens is 446 g/mol. The summed E-state index contributed by atoms with van der Waals surface area (Å²) in [5.74, 6) is 1.73. The Morgan fingerprint density at radius 1 is 1.15 bits per heavy atom. The SMILES string of the molecule is C[C@H](CC(=O)NCc1cccs1)C1CC[C@H]2[C@@H]3[C@H](O)C[C@@H]4C[C@H](O)CC[C@]4(C)[C@H]3C[C@H](O)[C@]12C. The fraction of sp³-hybridized carbons (Fsp3) is 0.821. The molecule has 0 saturated heterocycles. The van der Waals surface area contributed by atoms with Gasteiger partial charge in [0.25, 0.3) is 0 Å². The smallest absolute Gasteiger partial charge is 0.220 e. The zero-order valence-electron chi connectivity index (χ0n) is 21.0. The van der Waals surface area contributed by atoms with Crippen LogP contribution in [0.3, 0.4) is 0 Å². The second-order valence-corrected chi connectivity index (χ2v) is 13.6. The minimum Gasteiger partial charge on any atom is -0.393 e. The molecule has 4 N–H and O–H groups in total. The second-order valence-electron chi connectivity index (χ2n) is 12.6. The molecule has 4 fully saturated rings. The molecule has 11 atom stereocenters. The van der Waals surface area contributed by atoms with E-state index in [-0.39, 0.29) is 46.7 Å². The summed E-state index contributed by atoms with van der Waals surface area (Å²) >= 11 is 1.66. The highest BCUT2D eigenvalue weighted by Gasteiger charge is 2.65. The van der Waals surface area contributed by atoms with Crippen molar-refractivity contribution in [2.24, 2.45) is 46.3 Å². The minimum atomic E-state index is -0.405. The number of rotatable bonds is 5. The first-order valence-corrected chi connectivity index (χ1v) is 14.4. The van der Waals surface area contributed by atoms with E-state index in [0.717, 1.165) is 49.8 Å². The van der Waals surface area contributed by atoms with E-state index in [1.54, 1.807) is 11.3 Å². The van der Waals surface area contributed by atoms with Gasteiger partial charge < -0.3 is 20.6 Å². The molecule has 6 heteroatoms. The number of nitrogens with one attached hydrogen (secondary N) is 1. The lowest BCUT2D eigenvalue weighted by molar-refractivity contribution is -0.207. The molecule has 0 aliphatic heterocycles. The van der Waals surface area contributed by atoms with Gasteiger partial charge in [0.05, 0.1) is 24.9 Å². The number of carbonyl (C=O) groups excluding carboxylic acids is 1. The zero-order valence-corrected chi connectivity index (χ0v) is 21.8. The van der Waals surface area contributed by atoms with Gasteiger partial charge in [-0.25, -0.2) is 0 Å². The molecule has 4 aliphatic rings. The van der Waals surface area contributed by atoms with Crippen molar-refractivity contribution in [3.63, 3.8) is 0 Å². The normalized spacial score (nSPS) is 46.8. The lowest BCUT2D eigenvalue weighted by Gasteiger charge is -2.63. The van der Waals surface area contributed by atoms with Crippen molar-refractivity contribution in [2.75, 3.05) is 0 Å². The molecule has 0 aromatic carbocycles. The van der Waals surface area contributed by atoms with Crippen LogP contribution in [0.15, 0.2) is 17.5 Å². The number of carbonyl (C=O) groups is 1. The van der Waals surface area contributed by atoms with E-state index in [1.165, 1.54) is 0 Å². The Bertz CT molecular complexity index is 876. The predicted molar refractivity (Wildman–Crippen MR) is 134 cm³/mol. The maximum Gasteiger partial charge on any atom is 0.220 e. The molecule has 1 aromatic rings. The van der Waals surface area contributed by atoms with Crippen molar-refractivity contribution in [3.05, 3.63) is 22.4 Å². The summed E-state index contributed by atoms with van der Waals surface area (Å²) < 4.78 is 0. The highest BCUT2D eigenvalue weighted by Crippen LogP contribution is 2.68. The van der Waals surface area contributed by atoms with E-state index >= 15 is 0 Å². The summed E-state index contributed by atoms with van der Waals surface area (Å²) in [6.07, 6.45) is 5.67. The Kier molecular flexibility index (Phi) is 6.67. The Hall–Kier alpha value is -0.950. The molecule has 0 spiro atoms. The van der Waals surface area contributed by atoms with Crippen LogP contribution in [0.4, 0.5) is 0 Å². The first kappa shape index (κ1) is 24.7. The number of aliphatic hydroxyl groups is 3. The van der Waals surface area contributed by atoms with Gasteiger partial charge in [-0.15, -0.1) is 11.3 Å². The van der Waals surface area contributed by atoms with Crippen LogP contribution in [-0.2, 0) is 11.3 Å². The summed E-state index contributed by atoms with van der Waals surface area (Å²) in [5.41, 5.74) is -0.163. The van der Waals surface area contributed by atoms with Crippen molar-refractivity contribution >= 4 is 17.2 Å². The van der Waals surface area contributed by atoms with E-state index in [4.69, 9.17) is 0 Å². The van der Waals surface area contributed by atoms with Gasteiger partial charge in [0, 0.05) is 11.3 Å². The van der Waals surface area contributed by atoms with Crippen molar-refractivity contribution in [1.29, 1.82) is 0 Å². The van der Waals surface area contributed by atoms with Crippen LogP contribution in [0.5, 0.6) is 0 Å². The molecule has 4 aliphatic carbocycles. The summed E-state index contributed by atoms with van der Waals surface area (Å²) in [4.78, 5) is 13.9. The molecular formula is C28H43NO4S. The Labute approximate surface area is 208 Å². The maximum atomic E-state index is 12.7. The van der Waals surface area contributed by atoms with E-state index in [0.29, 0.717) is 30.7 Å². The zero-order chi connectivity index (χ0) is 24.3. The topological polar surface area (TPSA) is 89.8 Å². The van der Waals surface area contributed by atoms with Gasteiger partial charge in [0.15, 0.2) is 0 Å². The lowest BCUT2D eigenvalue weighted by Crippen LogP contribution is -2.62. The lowest BCUT2D eigenvalue weighted by atomic mass is 9.43. The van der Waals surface area contributed by atoms with Crippen molar-refractivity contribution in [3.8, 4) is 0 Å². The molecule has 5 nitrogen and oxygen atoms in total. The Morgan fingerprint density at radius 2 is 1.94 bits per heavy atom. The monoisotopic (exact) mass is 489 g/mol. The quantitative estimate of drug-likeness (QED) is 0.495. The first-order valence-electron chi connectivity index (χ1n) is 13.5. The van der Waals surface area contributed by atoms with Gasteiger partial charge in [-0.3, -0.25) is 4.79 Å².